The number of sulfonamides is 1. The quantitative estimate of drug-likeness (QED) is 0.759. The second-order valence-corrected chi connectivity index (χ2v) is 10.4. The standard InChI is InChI=1S/C19H28N4O4S/c1-28(25,26)22-9-5-15(6-10-22)11-16-12-20-13-17(21-16)23-14-19(27-18(23)24)7-3-2-4-8-19/h12-13,15H,2-11,14H2,1H3. The average Bonchev–Trinajstić information content (AvgIpc) is 2.98. The lowest BCUT2D eigenvalue weighted by Gasteiger charge is -2.30. The van der Waals surface area contributed by atoms with Crippen molar-refractivity contribution in [2.45, 2.75) is 57.0 Å². The molecule has 1 aromatic rings. The van der Waals surface area contributed by atoms with Crippen molar-refractivity contribution in [2.75, 3.05) is 30.8 Å². The molecule has 0 aromatic carbocycles. The van der Waals surface area contributed by atoms with Crippen molar-refractivity contribution >= 4 is 21.9 Å². The molecule has 0 N–H and O–H groups in total. The van der Waals surface area contributed by atoms with Crippen LogP contribution in [0.25, 0.3) is 0 Å². The third-order valence-corrected chi connectivity index (χ3v) is 7.53. The van der Waals surface area contributed by atoms with Gasteiger partial charge in [0.15, 0.2) is 5.82 Å². The van der Waals surface area contributed by atoms with Crippen molar-refractivity contribution in [1.29, 1.82) is 0 Å². The van der Waals surface area contributed by atoms with Crippen LogP contribution in [-0.4, -0.2) is 60.3 Å². The number of carbonyl (C=O) groups excluding carboxylic acids is 1. The third-order valence-electron chi connectivity index (χ3n) is 6.22. The number of nitrogens with zero attached hydrogens (tertiary/aromatic N) is 4. The Morgan fingerprint density at radius 2 is 1.89 bits per heavy atom. The maximum atomic E-state index is 12.5. The summed E-state index contributed by atoms with van der Waals surface area (Å²) >= 11 is 0. The molecule has 0 unspecified atom stereocenters. The van der Waals surface area contributed by atoms with Gasteiger partial charge < -0.3 is 4.74 Å². The van der Waals surface area contributed by atoms with Crippen LogP contribution in [0, 0.1) is 5.92 Å². The van der Waals surface area contributed by atoms with Crippen LogP contribution >= 0.6 is 0 Å². The minimum atomic E-state index is -3.11. The molecule has 1 saturated carbocycles. The van der Waals surface area contributed by atoms with E-state index in [-0.39, 0.29) is 11.7 Å². The van der Waals surface area contributed by atoms with Crippen molar-refractivity contribution < 1.29 is 17.9 Å². The fourth-order valence-corrected chi connectivity index (χ4v) is 5.49. The molecule has 2 saturated heterocycles. The van der Waals surface area contributed by atoms with Crippen molar-refractivity contribution in [1.82, 2.24) is 14.3 Å². The van der Waals surface area contributed by atoms with Gasteiger partial charge >= 0.3 is 6.09 Å². The Balaban J connectivity index is 1.40. The molecule has 1 aromatic heterocycles. The van der Waals surface area contributed by atoms with E-state index in [1.165, 1.54) is 17.0 Å². The summed E-state index contributed by atoms with van der Waals surface area (Å²) in [6.45, 7) is 1.66. The molecular formula is C19H28N4O4S. The van der Waals surface area contributed by atoms with Gasteiger partial charge in [-0.15, -0.1) is 0 Å². The molecule has 154 valence electrons. The molecule has 1 spiro atoms. The lowest BCUT2D eigenvalue weighted by atomic mass is 9.85. The highest BCUT2D eigenvalue weighted by Crippen LogP contribution is 2.38. The van der Waals surface area contributed by atoms with Gasteiger partial charge in [-0.1, -0.05) is 6.42 Å². The third kappa shape index (κ3) is 4.15. The Hall–Kier alpha value is -1.74. The van der Waals surface area contributed by atoms with Gasteiger partial charge in [-0.25, -0.2) is 22.5 Å². The first-order valence-corrected chi connectivity index (χ1v) is 12.0. The molecule has 0 atom stereocenters. The SMILES string of the molecule is CS(=O)(=O)N1CCC(Cc2cncc(N3CC4(CCCCC4)OC3=O)n2)CC1. The van der Waals surface area contributed by atoms with Crippen molar-refractivity contribution in [2.24, 2.45) is 5.92 Å². The van der Waals surface area contributed by atoms with Crippen LogP contribution in [0.2, 0.25) is 0 Å². The van der Waals surface area contributed by atoms with E-state index < -0.39 is 10.0 Å². The summed E-state index contributed by atoms with van der Waals surface area (Å²) in [5, 5.41) is 0. The molecule has 0 bridgehead atoms. The van der Waals surface area contributed by atoms with Crippen LogP contribution in [0.1, 0.15) is 50.6 Å². The van der Waals surface area contributed by atoms with Gasteiger partial charge in [-0.2, -0.15) is 0 Å². The van der Waals surface area contributed by atoms with Crippen molar-refractivity contribution in [3.05, 3.63) is 18.1 Å². The zero-order valence-electron chi connectivity index (χ0n) is 16.3. The fourth-order valence-electron chi connectivity index (χ4n) is 4.62. The Bertz CT molecular complexity index is 830. The lowest BCUT2D eigenvalue weighted by molar-refractivity contribution is 0.0260. The Labute approximate surface area is 166 Å². The molecule has 1 aliphatic carbocycles. The molecule has 3 heterocycles. The van der Waals surface area contributed by atoms with Crippen molar-refractivity contribution in [3.8, 4) is 0 Å². The first-order valence-electron chi connectivity index (χ1n) is 10.1. The smallest absolute Gasteiger partial charge is 0.416 e. The maximum Gasteiger partial charge on any atom is 0.416 e. The predicted octanol–water partition coefficient (Wildman–Crippen LogP) is 2.35. The number of piperidine rings is 1. The number of carbonyl (C=O) groups is 1. The second-order valence-electron chi connectivity index (χ2n) is 8.38. The molecule has 1 amide bonds. The lowest BCUT2D eigenvalue weighted by Crippen LogP contribution is -2.38. The molecule has 8 nitrogen and oxygen atoms in total. The number of hydrogen-bond acceptors (Lipinski definition) is 6. The zero-order valence-corrected chi connectivity index (χ0v) is 17.2. The summed E-state index contributed by atoms with van der Waals surface area (Å²) in [7, 11) is -3.11. The molecular weight excluding hydrogens is 380 g/mol. The molecule has 0 radical (unpaired) electrons. The highest BCUT2D eigenvalue weighted by atomic mass is 32.2. The van der Waals surface area contributed by atoms with Gasteiger partial charge in [0.05, 0.1) is 24.7 Å². The maximum absolute atomic E-state index is 12.5. The molecule has 28 heavy (non-hydrogen) atoms. The predicted molar refractivity (Wildman–Crippen MR) is 105 cm³/mol. The van der Waals surface area contributed by atoms with Crippen LogP contribution in [0.3, 0.4) is 0 Å². The highest BCUT2D eigenvalue weighted by Gasteiger charge is 2.46. The summed E-state index contributed by atoms with van der Waals surface area (Å²) in [6, 6.07) is 0. The number of rotatable bonds is 4. The van der Waals surface area contributed by atoms with E-state index in [0.29, 0.717) is 31.4 Å². The van der Waals surface area contributed by atoms with E-state index >= 15 is 0 Å². The Morgan fingerprint density at radius 1 is 1.18 bits per heavy atom. The van der Waals surface area contributed by atoms with Crippen LogP contribution in [0.5, 0.6) is 0 Å². The average molecular weight is 409 g/mol. The Kier molecular flexibility index (Phi) is 5.30. The second kappa shape index (κ2) is 7.59. The summed E-state index contributed by atoms with van der Waals surface area (Å²) in [6.07, 6.45) is 11.9. The van der Waals surface area contributed by atoms with Gasteiger partial charge in [0.25, 0.3) is 0 Å². The van der Waals surface area contributed by atoms with Gasteiger partial charge in [0.1, 0.15) is 5.60 Å². The number of aromatic nitrogens is 2. The molecule has 3 aliphatic rings. The van der Waals surface area contributed by atoms with Crippen LogP contribution in [-0.2, 0) is 21.2 Å². The summed E-state index contributed by atoms with van der Waals surface area (Å²) in [5.74, 6) is 0.927. The molecule has 2 aliphatic heterocycles. The summed E-state index contributed by atoms with van der Waals surface area (Å²) in [5.41, 5.74) is 0.485. The number of anilines is 1. The normalized spacial score (nSPS) is 23.9. The van der Waals surface area contributed by atoms with E-state index in [1.54, 1.807) is 17.3 Å². The van der Waals surface area contributed by atoms with Gasteiger partial charge in [0.2, 0.25) is 10.0 Å². The first kappa shape index (κ1) is 19.6. The van der Waals surface area contributed by atoms with Gasteiger partial charge in [-0.3, -0.25) is 9.88 Å². The van der Waals surface area contributed by atoms with Crippen LogP contribution in [0.15, 0.2) is 12.4 Å². The van der Waals surface area contributed by atoms with E-state index in [1.807, 2.05) is 0 Å². The van der Waals surface area contributed by atoms with Gasteiger partial charge in [0, 0.05) is 19.3 Å². The Morgan fingerprint density at radius 3 is 2.57 bits per heavy atom. The topological polar surface area (TPSA) is 92.7 Å². The summed E-state index contributed by atoms with van der Waals surface area (Å²) < 4.78 is 30.6. The minimum absolute atomic E-state index is 0.324. The van der Waals surface area contributed by atoms with E-state index in [0.717, 1.165) is 50.6 Å². The number of amides is 1. The van der Waals surface area contributed by atoms with E-state index in [2.05, 4.69) is 9.97 Å². The minimum Gasteiger partial charge on any atom is -0.441 e. The number of ether oxygens (including phenoxy) is 1. The number of hydrogen-bond donors (Lipinski definition) is 0. The molecule has 9 heteroatoms. The summed E-state index contributed by atoms with van der Waals surface area (Å²) in [4.78, 5) is 23.0. The van der Waals surface area contributed by atoms with Crippen LogP contribution in [0.4, 0.5) is 10.6 Å². The largest absolute Gasteiger partial charge is 0.441 e. The highest BCUT2D eigenvalue weighted by molar-refractivity contribution is 7.88. The van der Waals surface area contributed by atoms with Gasteiger partial charge in [-0.05, 0) is 50.9 Å². The van der Waals surface area contributed by atoms with Crippen LogP contribution < -0.4 is 4.90 Å². The fraction of sp³-hybridized carbons (Fsp3) is 0.737. The molecule has 4 rings (SSSR count). The zero-order chi connectivity index (χ0) is 19.8. The van der Waals surface area contributed by atoms with Crippen molar-refractivity contribution in [3.63, 3.8) is 0 Å². The monoisotopic (exact) mass is 408 g/mol. The van der Waals surface area contributed by atoms with E-state index in [4.69, 9.17) is 4.74 Å². The van der Waals surface area contributed by atoms with E-state index in [9.17, 15) is 13.2 Å². The first-order chi connectivity index (χ1) is 13.3. The molecule has 3 fully saturated rings.